The first-order chi connectivity index (χ1) is 13.4. The van der Waals surface area contributed by atoms with Gasteiger partial charge in [-0.05, 0) is 56.0 Å². The lowest BCUT2D eigenvalue weighted by atomic mass is 10.0. The van der Waals surface area contributed by atoms with Crippen LogP contribution in [-0.4, -0.2) is 42.4 Å². The molecule has 1 aliphatic rings. The zero-order chi connectivity index (χ0) is 20.1. The summed E-state index contributed by atoms with van der Waals surface area (Å²) in [6.07, 6.45) is 1.67. The zero-order valence-electron chi connectivity index (χ0n) is 16.3. The fourth-order valence-corrected chi connectivity index (χ4v) is 3.64. The van der Waals surface area contributed by atoms with Gasteiger partial charge in [-0.2, -0.15) is 0 Å². The van der Waals surface area contributed by atoms with Gasteiger partial charge in [-0.3, -0.25) is 14.5 Å². The Labute approximate surface area is 171 Å². The maximum Gasteiger partial charge on any atom is 0.251 e. The molecule has 1 fully saturated rings. The molecule has 0 unspecified atom stereocenters. The molecule has 0 saturated carbocycles. The fraction of sp³-hybridized carbons (Fsp3) is 0.364. The summed E-state index contributed by atoms with van der Waals surface area (Å²) in [5, 5.41) is 6.70. The van der Waals surface area contributed by atoms with E-state index in [1.54, 1.807) is 0 Å². The maximum atomic E-state index is 12.5. The summed E-state index contributed by atoms with van der Waals surface area (Å²) in [4.78, 5) is 26.9. The van der Waals surface area contributed by atoms with Crippen molar-refractivity contribution in [1.82, 2.24) is 10.2 Å². The number of halogens is 1. The summed E-state index contributed by atoms with van der Waals surface area (Å²) in [5.74, 6) is -0.0708. The second-order valence-corrected chi connectivity index (χ2v) is 7.71. The van der Waals surface area contributed by atoms with E-state index in [4.69, 9.17) is 11.6 Å². The van der Waals surface area contributed by atoms with Crippen LogP contribution in [0.25, 0.3) is 0 Å². The minimum Gasteiger partial charge on any atom is -0.349 e. The van der Waals surface area contributed by atoms with Crippen molar-refractivity contribution in [1.29, 1.82) is 0 Å². The van der Waals surface area contributed by atoms with Crippen LogP contribution in [0.4, 0.5) is 5.69 Å². The third-order valence-corrected chi connectivity index (χ3v) is 5.63. The zero-order valence-corrected chi connectivity index (χ0v) is 17.1. The van der Waals surface area contributed by atoms with E-state index in [0.717, 1.165) is 48.3 Å². The smallest absolute Gasteiger partial charge is 0.251 e. The highest BCUT2D eigenvalue weighted by Crippen LogP contribution is 2.23. The first-order valence-corrected chi connectivity index (χ1v) is 9.95. The van der Waals surface area contributed by atoms with Crippen LogP contribution in [0, 0.1) is 13.8 Å². The van der Waals surface area contributed by atoms with E-state index in [9.17, 15) is 9.59 Å². The van der Waals surface area contributed by atoms with Crippen molar-refractivity contribution in [3.8, 4) is 0 Å². The number of nitrogens with zero attached hydrogens (tertiary/aromatic N) is 1. The van der Waals surface area contributed by atoms with Crippen molar-refractivity contribution >= 4 is 29.1 Å². The molecule has 2 aromatic carbocycles. The number of nitrogens with one attached hydrogen (secondary N) is 2. The molecule has 2 amide bonds. The first-order valence-electron chi connectivity index (χ1n) is 9.58. The number of hydrogen-bond donors (Lipinski definition) is 2. The Morgan fingerprint density at radius 1 is 1.07 bits per heavy atom. The summed E-state index contributed by atoms with van der Waals surface area (Å²) >= 11 is 6.10. The largest absolute Gasteiger partial charge is 0.349 e. The highest BCUT2D eigenvalue weighted by Gasteiger charge is 2.23. The molecule has 2 N–H and O–H groups in total. The lowest BCUT2D eigenvalue weighted by Crippen LogP contribution is -2.46. The molecule has 0 radical (unpaired) electrons. The summed E-state index contributed by atoms with van der Waals surface area (Å²) < 4.78 is 0. The predicted octanol–water partition coefficient (Wildman–Crippen LogP) is 3.79. The van der Waals surface area contributed by atoms with E-state index in [1.165, 1.54) is 0 Å². The number of carbonyl (C=O) groups excluding carboxylic acids is 2. The van der Waals surface area contributed by atoms with Crippen molar-refractivity contribution in [3.05, 3.63) is 64.2 Å². The van der Waals surface area contributed by atoms with Gasteiger partial charge in [0.25, 0.3) is 5.91 Å². The SMILES string of the molecule is Cc1ccccc1C(=O)NC1CCN(CC(=O)Nc2cccc(Cl)c2C)CC1. The Morgan fingerprint density at radius 3 is 2.50 bits per heavy atom. The summed E-state index contributed by atoms with van der Waals surface area (Å²) in [7, 11) is 0. The molecule has 1 heterocycles. The topological polar surface area (TPSA) is 61.4 Å². The maximum absolute atomic E-state index is 12.5. The summed E-state index contributed by atoms with van der Waals surface area (Å²) in [6.45, 7) is 5.73. The number of carbonyl (C=O) groups is 2. The lowest BCUT2D eigenvalue weighted by molar-refractivity contribution is -0.117. The van der Waals surface area contributed by atoms with E-state index < -0.39 is 0 Å². The van der Waals surface area contributed by atoms with Gasteiger partial charge in [0.15, 0.2) is 0 Å². The number of hydrogen-bond acceptors (Lipinski definition) is 3. The van der Waals surface area contributed by atoms with Crippen molar-refractivity contribution in [3.63, 3.8) is 0 Å². The minimum atomic E-state index is -0.0484. The first kappa shape index (κ1) is 20.4. The number of rotatable bonds is 5. The van der Waals surface area contributed by atoms with Crippen molar-refractivity contribution in [2.75, 3.05) is 25.0 Å². The minimum absolute atomic E-state index is 0.0225. The van der Waals surface area contributed by atoms with Crippen molar-refractivity contribution in [2.24, 2.45) is 0 Å². The van der Waals surface area contributed by atoms with Crippen LogP contribution >= 0.6 is 11.6 Å². The molecule has 28 heavy (non-hydrogen) atoms. The highest BCUT2D eigenvalue weighted by molar-refractivity contribution is 6.31. The molecule has 3 rings (SSSR count). The van der Waals surface area contributed by atoms with Gasteiger partial charge in [-0.25, -0.2) is 0 Å². The number of piperidine rings is 1. The number of anilines is 1. The van der Waals surface area contributed by atoms with Crippen LogP contribution in [-0.2, 0) is 4.79 Å². The Balaban J connectivity index is 1.46. The molecule has 5 nitrogen and oxygen atoms in total. The van der Waals surface area contributed by atoms with Gasteiger partial charge in [0.2, 0.25) is 5.91 Å². The van der Waals surface area contributed by atoms with Crippen LogP contribution in [0.1, 0.15) is 34.3 Å². The van der Waals surface area contributed by atoms with Crippen LogP contribution in [0.2, 0.25) is 5.02 Å². The quantitative estimate of drug-likeness (QED) is 0.804. The molecular formula is C22H26ClN3O2. The molecule has 1 saturated heterocycles. The summed E-state index contributed by atoms with van der Waals surface area (Å²) in [5.41, 5.74) is 3.32. The molecule has 0 atom stereocenters. The second-order valence-electron chi connectivity index (χ2n) is 7.30. The molecule has 0 spiro atoms. The molecule has 0 aliphatic carbocycles. The summed E-state index contributed by atoms with van der Waals surface area (Å²) in [6, 6.07) is 13.2. The number of benzene rings is 2. The molecule has 0 aromatic heterocycles. The highest BCUT2D eigenvalue weighted by atomic mass is 35.5. The number of aryl methyl sites for hydroxylation is 1. The van der Waals surface area contributed by atoms with E-state index in [2.05, 4.69) is 15.5 Å². The van der Waals surface area contributed by atoms with Gasteiger partial charge in [0.05, 0.1) is 6.54 Å². The fourth-order valence-electron chi connectivity index (χ4n) is 3.46. The standard InChI is InChI=1S/C22H26ClN3O2/c1-15-6-3-4-7-18(15)22(28)24-17-10-12-26(13-11-17)14-21(27)25-20-9-5-8-19(23)16(20)2/h3-9,17H,10-14H2,1-2H3,(H,24,28)(H,25,27). The Hall–Kier alpha value is -2.37. The molecular weight excluding hydrogens is 374 g/mol. The van der Waals surface area contributed by atoms with Gasteiger partial charge < -0.3 is 10.6 Å². The normalized spacial score (nSPS) is 15.2. The third kappa shape index (κ3) is 5.12. The monoisotopic (exact) mass is 399 g/mol. The van der Waals surface area contributed by atoms with Gasteiger partial charge >= 0.3 is 0 Å². The molecule has 2 aromatic rings. The van der Waals surface area contributed by atoms with Crippen LogP contribution in [0.3, 0.4) is 0 Å². The molecule has 6 heteroatoms. The molecule has 148 valence electrons. The Bertz CT molecular complexity index is 861. The van der Waals surface area contributed by atoms with Crippen molar-refractivity contribution in [2.45, 2.75) is 32.7 Å². The Morgan fingerprint density at radius 2 is 1.79 bits per heavy atom. The van der Waals surface area contributed by atoms with Gasteiger partial charge in [0, 0.05) is 35.4 Å². The lowest BCUT2D eigenvalue weighted by Gasteiger charge is -2.32. The number of amides is 2. The molecule has 1 aliphatic heterocycles. The van der Waals surface area contributed by atoms with Crippen LogP contribution in [0.15, 0.2) is 42.5 Å². The Kier molecular flexibility index (Phi) is 6.70. The van der Waals surface area contributed by atoms with Gasteiger partial charge in [-0.15, -0.1) is 0 Å². The second kappa shape index (κ2) is 9.22. The average Bonchev–Trinajstić information content (AvgIpc) is 2.67. The molecule has 0 bridgehead atoms. The third-order valence-electron chi connectivity index (χ3n) is 5.22. The van der Waals surface area contributed by atoms with Gasteiger partial charge in [0.1, 0.15) is 0 Å². The van der Waals surface area contributed by atoms with Gasteiger partial charge in [-0.1, -0.05) is 35.9 Å². The van der Waals surface area contributed by atoms with E-state index >= 15 is 0 Å². The van der Waals surface area contributed by atoms with E-state index in [-0.39, 0.29) is 17.9 Å². The van der Waals surface area contributed by atoms with Crippen LogP contribution in [0.5, 0.6) is 0 Å². The predicted molar refractivity (Wildman–Crippen MR) is 113 cm³/mol. The van der Waals surface area contributed by atoms with Crippen LogP contribution < -0.4 is 10.6 Å². The number of likely N-dealkylation sites (tertiary alicyclic amines) is 1. The van der Waals surface area contributed by atoms with E-state index in [0.29, 0.717) is 11.6 Å². The average molecular weight is 400 g/mol. The van der Waals surface area contributed by atoms with E-state index in [1.807, 2.05) is 56.3 Å². The van der Waals surface area contributed by atoms with Crippen molar-refractivity contribution < 1.29 is 9.59 Å².